The second-order valence-electron chi connectivity index (χ2n) is 5.05. The van der Waals surface area contributed by atoms with Crippen LogP contribution in [0, 0.1) is 17.6 Å². The summed E-state index contributed by atoms with van der Waals surface area (Å²) in [4.78, 5) is 13.5. The van der Waals surface area contributed by atoms with Crippen molar-refractivity contribution in [3.8, 4) is 0 Å². The van der Waals surface area contributed by atoms with Crippen molar-refractivity contribution in [2.24, 2.45) is 11.7 Å². The molecule has 2 N–H and O–H groups in total. The number of hydrogen-bond acceptors (Lipinski definition) is 2. The Morgan fingerprint density at radius 2 is 1.90 bits per heavy atom. The van der Waals surface area contributed by atoms with Gasteiger partial charge in [-0.15, -0.1) is 12.4 Å². The maximum atomic E-state index is 13.1. The van der Waals surface area contributed by atoms with E-state index in [-0.39, 0.29) is 29.9 Å². The Morgan fingerprint density at radius 1 is 1.30 bits per heavy atom. The van der Waals surface area contributed by atoms with Gasteiger partial charge in [0, 0.05) is 25.2 Å². The molecule has 3 nitrogen and oxygen atoms in total. The Balaban J connectivity index is 0.00000361. The quantitative estimate of drug-likeness (QED) is 0.909. The van der Waals surface area contributed by atoms with Crippen LogP contribution in [-0.2, 0) is 0 Å². The lowest BCUT2D eigenvalue weighted by atomic mass is 10.0. The number of halogens is 3. The van der Waals surface area contributed by atoms with Crippen LogP contribution >= 0.6 is 12.4 Å². The first-order valence-electron chi connectivity index (χ1n) is 6.29. The van der Waals surface area contributed by atoms with Crippen molar-refractivity contribution >= 4 is 18.3 Å². The van der Waals surface area contributed by atoms with Crippen LogP contribution in [0.3, 0.4) is 0 Å². The van der Waals surface area contributed by atoms with Gasteiger partial charge in [-0.05, 0) is 30.5 Å². The molecule has 0 heterocycles. The summed E-state index contributed by atoms with van der Waals surface area (Å²) in [5.41, 5.74) is 6.04. The number of hydrogen-bond donors (Lipinski definition) is 1. The predicted molar refractivity (Wildman–Crippen MR) is 78.0 cm³/mol. The predicted octanol–water partition coefficient (Wildman–Crippen LogP) is 2.83. The SMILES string of the molecule is CC(C)C(N)CCN(C)C(=O)c1ccc(F)c(F)c1.Cl. The van der Waals surface area contributed by atoms with Crippen LogP contribution in [0.15, 0.2) is 18.2 Å². The fraction of sp³-hybridized carbons (Fsp3) is 0.500. The van der Waals surface area contributed by atoms with Gasteiger partial charge < -0.3 is 10.6 Å². The van der Waals surface area contributed by atoms with Gasteiger partial charge >= 0.3 is 0 Å². The smallest absolute Gasteiger partial charge is 0.253 e. The van der Waals surface area contributed by atoms with Crippen molar-refractivity contribution < 1.29 is 13.6 Å². The second-order valence-corrected chi connectivity index (χ2v) is 5.05. The second kappa shape index (κ2) is 8.17. The first-order chi connectivity index (χ1) is 8.82. The average Bonchev–Trinajstić information content (AvgIpc) is 2.37. The molecule has 0 radical (unpaired) electrons. The van der Waals surface area contributed by atoms with Crippen molar-refractivity contribution in [2.75, 3.05) is 13.6 Å². The number of carbonyl (C=O) groups is 1. The molecule has 0 aliphatic heterocycles. The Hall–Kier alpha value is -1.20. The molecule has 0 saturated carbocycles. The monoisotopic (exact) mass is 306 g/mol. The molecule has 0 aromatic heterocycles. The minimum absolute atomic E-state index is 0. The largest absolute Gasteiger partial charge is 0.342 e. The number of amides is 1. The zero-order valence-corrected chi connectivity index (χ0v) is 12.7. The molecule has 1 rings (SSSR count). The molecular formula is C14H21ClF2N2O. The minimum atomic E-state index is -1.02. The fourth-order valence-corrected chi connectivity index (χ4v) is 1.63. The summed E-state index contributed by atoms with van der Waals surface area (Å²) in [5, 5.41) is 0. The normalized spacial score (nSPS) is 11.9. The summed E-state index contributed by atoms with van der Waals surface area (Å²) in [6.07, 6.45) is 0.670. The summed E-state index contributed by atoms with van der Waals surface area (Å²) in [6, 6.07) is 3.16. The molecule has 0 spiro atoms. The topological polar surface area (TPSA) is 46.3 Å². The fourth-order valence-electron chi connectivity index (χ4n) is 1.63. The maximum Gasteiger partial charge on any atom is 0.253 e. The molecule has 0 bridgehead atoms. The van der Waals surface area contributed by atoms with E-state index in [2.05, 4.69) is 0 Å². The highest BCUT2D eigenvalue weighted by Crippen LogP contribution is 2.11. The van der Waals surface area contributed by atoms with Crippen LogP contribution in [0.4, 0.5) is 8.78 Å². The number of nitrogens with zero attached hydrogens (tertiary/aromatic N) is 1. The van der Waals surface area contributed by atoms with Crippen molar-refractivity contribution in [1.29, 1.82) is 0 Å². The number of carbonyl (C=O) groups excluding carboxylic acids is 1. The van der Waals surface area contributed by atoms with Gasteiger partial charge in [0.1, 0.15) is 0 Å². The van der Waals surface area contributed by atoms with Crippen molar-refractivity contribution in [3.63, 3.8) is 0 Å². The highest BCUT2D eigenvalue weighted by Gasteiger charge is 2.15. The molecule has 0 aliphatic carbocycles. The van der Waals surface area contributed by atoms with E-state index >= 15 is 0 Å². The van der Waals surface area contributed by atoms with E-state index in [4.69, 9.17) is 5.73 Å². The lowest BCUT2D eigenvalue weighted by molar-refractivity contribution is 0.0788. The zero-order valence-electron chi connectivity index (χ0n) is 11.9. The standard InChI is InChI=1S/C14H20F2N2O.ClH/c1-9(2)13(17)6-7-18(3)14(19)10-4-5-11(15)12(16)8-10;/h4-5,8-9,13H,6-7,17H2,1-3H3;1H. The third-order valence-corrected chi connectivity index (χ3v) is 3.17. The van der Waals surface area contributed by atoms with Crippen molar-refractivity contribution in [2.45, 2.75) is 26.3 Å². The van der Waals surface area contributed by atoms with Gasteiger partial charge in [0.2, 0.25) is 0 Å². The van der Waals surface area contributed by atoms with Gasteiger partial charge in [-0.3, -0.25) is 4.79 Å². The maximum absolute atomic E-state index is 13.1. The third kappa shape index (κ3) is 5.06. The lowest BCUT2D eigenvalue weighted by Crippen LogP contribution is -2.34. The highest BCUT2D eigenvalue weighted by molar-refractivity contribution is 5.94. The molecule has 1 aromatic carbocycles. The average molecular weight is 307 g/mol. The van der Waals surface area contributed by atoms with E-state index in [1.807, 2.05) is 13.8 Å². The molecule has 6 heteroatoms. The van der Waals surface area contributed by atoms with Crippen LogP contribution in [-0.4, -0.2) is 30.4 Å². The van der Waals surface area contributed by atoms with E-state index in [0.29, 0.717) is 18.9 Å². The molecule has 0 fully saturated rings. The Labute approximate surface area is 124 Å². The van der Waals surface area contributed by atoms with Crippen LogP contribution in [0.1, 0.15) is 30.6 Å². The van der Waals surface area contributed by atoms with Crippen molar-refractivity contribution in [1.82, 2.24) is 4.90 Å². The minimum Gasteiger partial charge on any atom is -0.342 e. The van der Waals surface area contributed by atoms with Gasteiger partial charge in [-0.25, -0.2) is 8.78 Å². The third-order valence-electron chi connectivity index (χ3n) is 3.17. The summed E-state index contributed by atoms with van der Waals surface area (Å²) < 4.78 is 25.8. The van der Waals surface area contributed by atoms with E-state index < -0.39 is 11.6 Å². The summed E-state index contributed by atoms with van der Waals surface area (Å²) in [5.74, 6) is -1.97. The van der Waals surface area contributed by atoms with Gasteiger partial charge in [-0.2, -0.15) is 0 Å². The first-order valence-corrected chi connectivity index (χ1v) is 6.29. The van der Waals surface area contributed by atoms with E-state index in [9.17, 15) is 13.6 Å². The van der Waals surface area contributed by atoms with E-state index in [1.54, 1.807) is 7.05 Å². The van der Waals surface area contributed by atoms with Crippen LogP contribution in [0.25, 0.3) is 0 Å². The van der Waals surface area contributed by atoms with Gasteiger partial charge in [0.25, 0.3) is 5.91 Å². The molecule has 1 unspecified atom stereocenters. The van der Waals surface area contributed by atoms with Gasteiger partial charge in [0.05, 0.1) is 0 Å². The molecule has 1 amide bonds. The summed E-state index contributed by atoms with van der Waals surface area (Å²) in [6.45, 7) is 4.51. The Bertz CT molecular complexity index is 455. The van der Waals surface area contributed by atoms with E-state index in [1.165, 1.54) is 11.0 Å². The first kappa shape index (κ1) is 18.8. The highest BCUT2D eigenvalue weighted by atomic mass is 35.5. The molecule has 114 valence electrons. The molecular weight excluding hydrogens is 286 g/mol. The molecule has 1 aromatic rings. The summed E-state index contributed by atoms with van der Waals surface area (Å²) in [7, 11) is 1.62. The molecule has 1 atom stereocenters. The van der Waals surface area contributed by atoms with Crippen LogP contribution in [0.5, 0.6) is 0 Å². The Morgan fingerprint density at radius 3 is 2.40 bits per heavy atom. The molecule has 0 aliphatic rings. The number of benzene rings is 1. The number of nitrogens with two attached hydrogens (primary N) is 1. The van der Waals surface area contributed by atoms with Gasteiger partial charge in [0.15, 0.2) is 11.6 Å². The number of rotatable bonds is 5. The lowest BCUT2D eigenvalue weighted by Gasteiger charge is -2.21. The molecule has 20 heavy (non-hydrogen) atoms. The zero-order chi connectivity index (χ0) is 14.6. The van der Waals surface area contributed by atoms with Crippen LogP contribution < -0.4 is 5.73 Å². The molecule has 0 saturated heterocycles. The van der Waals surface area contributed by atoms with Gasteiger partial charge in [-0.1, -0.05) is 13.8 Å². The van der Waals surface area contributed by atoms with E-state index in [0.717, 1.165) is 12.1 Å². The van der Waals surface area contributed by atoms with Crippen molar-refractivity contribution in [3.05, 3.63) is 35.4 Å². The van der Waals surface area contributed by atoms with Crippen LogP contribution in [0.2, 0.25) is 0 Å². The summed E-state index contributed by atoms with van der Waals surface area (Å²) >= 11 is 0. The Kier molecular flexibility index (Phi) is 7.68.